The quantitative estimate of drug-likeness (QED) is 0.444. The van der Waals surface area contributed by atoms with Crippen molar-refractivity contribution in [3.63, 3.8) is 0 Å². The number of likely N-dealkylation sites (N-methyl/N-ethyl adjacent to an activating group) is 1. The van der Waals surface area contributed by atoms with Gasteiger partial charge in [0.15, 0.2) is 11.5 Å². The Morgan fingerprint density at radius 1 is 1.18 bits per heavy atom. The number of amides is 1. The Kier molecular flexibility index (Phi) is 5.57. The summed E-state index contributed by atoms with van der Waals surface area (Å²) in [6, 6.07) is 13.2. The molecule has 2 N–H and O–H groups in total. The summed E-state index contributed by atoms with van der Waals surface area (Å²) in [6.45, 7) is 3.92. The summed E-state index contributed by atoms with van der Waals surface area (Å²) in [4.78, 5) is 20.6. The van der Waals surface area contributed by atoms with Crippen LogP contribution < -0.4 is 14.4 Å². The van der Waals surface area contributed by atoms with Gasteiger partial charge >= 0.3 is 0 Å². The molecule has 1 amide bonds. The van der Waals surface area contributed by atoms with E-state index in [4.69, 9.17) is 9.47 Å². The molecule has 0 radical (unpaired) electrons. The minimum atomic E-state index is -0.128. The number of phenols is 1. The number of ether oxygens (including phenoxy) is 2. The van der Waals surface area contributed by atoms with E-state index in [0.717, 1.165) is 51.5 Å². The number of aromatic nitrogens is 1. The number of carbonyl (C=O) groups is 1. The molecule has 0 aliphatic carbocycles. The average Bonchev–Trinajstić information content (AvgIpc) is 3.42. The zero-order valence-corrected chi connectivity index (χ0v) is 19.9. The van der Waals surface area contributed by atoms with E-state index >= 15 is 0 Å². The van der Waals surface area contributed by atoms with Crippen LogP contribution in [-0.2, 0) is 6.42 Å². The molecule has 7 heteroatoms. The van der Waals surface area contributed by atoms with E-state index in [9.17, 15) is 9.90 Å². The second-order valence-corrected chi connectivity index (χ2v) is 9.02. The first-order valence-electron chi connectivity index (χ1n) is 11.4. The Labute approximate surface area is 198 Å². The fourth-order valence-corrected chi connectivity index (χ4v) is 4.76. The van der Waals surface area contributed by atoms with Crippen molar-refractivity contribution in [3.8, 4) is 17.2 Å². The van der Waals surface area contributed by atoms with Gasteiger partial charge in [0.1, 0.15) is 18.1 Å². The van der Waals surface area contributed by atoms with Crippen molar-refractivity contribution < 1.29 is 19.4 Å². The van der Waals surface area contributed by atoms with Crippen LogP contribution in [0.2, 0.25) is 0 Å². The van der Waals surface area contributed by atoms with Crippen LogP contribution >= 0.6 is 0 Å². The number of nitrogens with zero attached hydrogens (tertiary/aromatic N) is 2. The van der Waals surface area contributed by atoms with Crippen LogP contribution in [-0.4, -0.2) is 61.8 Å². The standard InChI is InChI=1S/C27H29N3O4/c1-16-6-5-7-19-23(31)15-22-18(26(16)19)8-9-30(22)27(32)21-12-17-13-25(34-11-10-29(2)3)24(33-4)14-20(17)28-21/h5-7,12-15,28,31H,8-11H2,1-4H3. The third-order valence-electron chi connectivity index (χ3n) is 6.49. The first-order valence-corrected chi connectivity index (χ1v) is 11.4. The smallest absolute Gasteiger partial charge is 0.274 e. The van der Waals surface area contributed by atoms with Crippen LogP contribution in [0.25, 0.3) is 21.7 Å². The Bertz CT molecular complexity index is 1410. The SMILES string of the molecule is COc1cc2[nH]c(C(=O)N3CCc4c3cc(O)c3cccc(C)c43)cc2cc1OCCN(C)C. The Morgan fingerprint density at radius 2 is 2.00 bits per heavy atom. The molecule has 1 aliphatic heterocycles. The fraction of sp³-hybridized carbons (Fsp3) is 0.296. The number of carbonyl (C=O) groups excluding carboxylic acids is 1. The van der Waals surface area contributed by atoms with Gasteiger partial charge in [-0.1, -0.05) is 18.2 Å². The van der Waals surface area contributed by atoms with Gasteiger partial charge in [0.05, 0.1) is 12.8 Å². The molecule has 0 fully saturated rings. The molecular formula is C27H29N3O4. The maximum Gasteiger partial charge on any atom is 0.274 e. The molecule has 34 heavy (non-hydrogen) atoms. The number of anilines is 1. The number of aromatic hydroxyl groups is 1. The van der Waals surface area contributed by atoms with E-state index < -0.39 is 0 Å². The van der Waals surface area contributed by atoms with Crippen LogP contribution in [0, 0.1) is 6.92 Å². The van der Waals surface area contributed by atoms with Crippen molar-refractivity contribution in [3.05, 3.63) is 59.3 Å². The monoisotopic (exact) mass is 459 g/mol. The van der Waals surface area contributed by atoms with Crippen molar-refractivity contribution in [2.24, 2.45) is 0 Å². The lowest BCUT2D eigenvalue weighted by molar-refractivity contribution is 0.0985. The van der Waals surface area contributed by atoms with Crippen molar-refractivity contribution in [2.45, 2.75) is 13.3 Å². The van der Waals surface area contributed by atoms with Crippen LogP contribution in [0.3, 0.4) is 0 Å². The van der Waals surface area contributed by atoms with Gasteiger partial charge in [-0.25, -0.2) is 0 Å². The highest BCUT2D eigenvalue weighted by molar-refractivity contribution is 6.11. The lowest BCUT2D eigenvalue weighted by Gasteiger charge is -2.18. The van der Waals surface area contributed by atoms with E-state index in [1.165, 1.54) is 0 Å². The summed E-state index contributed by atoms with van der Waals surface area (Å²) in [5.41, 5.74) is 4.26. The zero-order valence-electron chi connectivity index (χ0n) is 19.9. The number of hydrogen-bond acceptors (Lipinski definition) is 5. The minimum absolute atomic E-state index is 0.128. The summed E-state index contributed by atoms with van der Waals surface area (Å²) in [5.74, 6) is 1.33. The maximum absolute atomic E-state index is 13.5. The summed E-state index contributed by atoms with van der Waals surface area (Å²) in [6.07, 6.45) is 0.751. The van der Waals surface area contributed by atoms with E-state index in [-0.39, 0.29) is 11.7 Å². The predicted octanol–water partition coefficient (Wildman–Crippen LogP) is 4.49. The van der Waals surface area contributed by atoms with Gasteiger partial charge in [0, 0.05) is 41.5 Å². The van der Waals surface area contributed by atoms with Gasteiger partial charge in [0.25, 0.3) is 5.91 Å². The molecule has 2 heterocycles. The van der Waals surface area contributed by atoms with Gasteiger partial charge < -0.3 is 29.4 Å². The second-order valence-electron chi connectivity index (χ2n) is 9.02. The number of hydrogen-bond donors (Lipinski definition) is 2. The molecule has 3 aromatic carbocycles. The largest absolute Gasteiger partial charge is 0.507 e. The van der Waals surface area contributed by atoms with Crippen molar-refractivity contribution in [2.75, 3.05) is 45.8 Å². The van der Waals surface area contributed by atoms with Crippen molar-refractivity contribution >= 4 is 33.3 Å². The topological polar surface area (TPSA) is 78.0 Å². The number of aryl methyl sites for hydroxylation is 1. The van der Waals surface area contributed by atoms with E-state index in [0.29, 0.717) is 30.3 Å². The number of benzene rings is 3. The van der Waals surface area contributed by atoms with Gasteiger partial charge in [-0.2, -0.15) is 0 Å². The minimum Gasteiger partial charge on any atom is -0.507 e. The van der Waals surface area contributed by atoms with Crippen molar-refractivity contribution in [1.29, 1.82) is 0 Å². The first-order chi connectivity index (χ1) is 16.4. The normalized spacial score (nSPS) is 13.1. The molecule has 0 atom stereocenters. The third kappa shape index (κ3) is 3.72. The predicted molar refractivity (Wildman–Crippen MR) is 135 cm³/mol. The molecule has 0 unspecified atom stereocenters. The number of fused-ring (bicyclic) bond motifs is 4. The molecule has 1 aliphatic rings. The molecule has 5 rings (SSSR count). The first kappa shape index (κ1) is 22.1. The number of methoxy groups -OCH3 is 1. The summed E-state index contributed by atoms with van der Waals surface area (Å²) in [7, 11) is 5.59. The van der Waals surface area contributed by atoms with Gasteiger partial charge in [-0.05, 0) is 56.1 Å². The molecule has 4 aromatic rings. The number of phenolic OH excluding ortho intramolecular Hbond substituents is 1. The summed E-state index contributed by atoms with van der Waals surface area (Å²) in [5, 5.41) is 13.4. The molecule has 0 saturated heterocycles. The summed E-state index contributed by atoms with van der Waals surface area (Å²) < 4.78 is 11.4. The number of H-pyrrole nitrogens is 1. The molecule has 0 bridgehead atoms. The highest BCUT2D eigenvalue weighted by atomic mass is 16.5. The number of rotatable bonds is 6. The third-order valence-corrected chi connectivity index (χ3v) is 6.49. The van der Waals surface area contributed by atoms with Crippen LogP contribution in [0.5, 0.6) is 17.2 Å². The highest BCUT2D eigenvalue weighted by Crippen LogP contribution is 2.41. The molecule has 0 saturated carbocycles. The lowest BCUT2D eigenvalue weighted by Crippen LogP contribution is -2.29. The zero-order chi connectivity index (χ0) is 24.0. The molecule has 1 aromatic heterocycles. The van der Waals surface area contributed by atoms with E-state index in [2.05, 4.69) is 9.88 Å². The van der Waals surface area contributed by atoms with Gasteiger partial charge in [-0.3, -0.25) is 4.79 Å². The fourth-order valence-electron chi connectivity index (χ4n) is 4.76. The second kappa shape index (κ2) is 8.57. The Hall–Kier alpha value is -3.71. The van der Waals surface area contributed by atoms with E-state index in [1.54, 1.807) is 18.1 Å². The average molecular weight is 460 g/mol. The Morgan fingerprint density at radius 3 is 2.76 bits per heavy atom. The van der Waals surface area contributed by atoms with Crippen LogP contribution in [0.4, 0.5) is 5.69 Å². The van der Waals surface area contributed by atoms with Gasteiger partial charge in [-0.15, -0.1) is 0 Å². The molecule has 7 nitrogen and oxygen atoms in total. The number of nitrogens with one attached hydrogen (secondary N) is 1. The Balaban J connectivity index is 1.49. The molecule has 0 spiro atoms. The maximum atomic E-state index is 13.5. The van der Waals surface area contributed by atoms with Crippen LogP contribution in [0.1, 0.15) is 21.6 Å². The molecule has 176 valence electrons. The molecular weight excluding hydrogens is 430 g/mol. The van der Waals surface area contributed by atoms with Crippen molar-refractivity contribution in [1.82, 2.24) is 9.88 Å². The van der Waals surface area contributed by atoms with E-state index in [1.807, 2.05) is 57.4 Å². The van der Waals surface area contributed by atoms with Crippen LogP contribution in [0.15, 0.2) is 42.5 Å². The van der Waals surface area contributed by atoms with Gasteiger partial charge in [0.2, 0.25) is 0 Å². The lowest BCUT2D eigenvalue weighted by atomic mass is 9.97. The summed E-state index contributed by atoms with van der Waals surface area (Å²) >= 11 is 0. The highest BCUT2D eigenvalue weighted by Gasteiger charge is 2.29. The number of aromatic amines is 1.